The molecule has 0 saturated heterocycles. The highest BCUT2D eigenvalue weighted by Crippen LogP contribution is 2.16. The number of hydrogen-bond donors (Lipinski definition) is 2. The Bertz CT molecular complexity index is 556. The van der Waals surface area contributed by atoms with Crippen LogP contribution in [0.5, 0.6) is 0 Å². The molecule has 0 aliphatic carbocycles. The van der Waals surface area contributed by atoms with Gasteiger partial charge >= 0.3 is 5.97 Å². The molecule has 18 heavy (non-hydrogen) atoms. The molecule has 0 bridgehead atoms. The van der Waals surface area contributed by atoms with Crippen LogP contribution in [-0.4, -0.2) is 25.5 Å². The third kappa shape index (κ3) is 3.94. The van der Waals surface area contributed by atoms with Crippen LogP contribution in [0.1, 0.15) is 6.42 Å². The number of benzene rings is 1. The summed E-state index contributed by atoms with van der Waals surface area (Å²) >= 11 is 3.16. The van der Waals surface area contributed by atoms with Crippen molar-refractivity contribution in [3.8, 4) is 0 Å². The summed E-state index contributed by atoms with van der Waals surface area (Å²) in [7, 11) is -3.86. The maximum absolute atomic E-state index is 11.9. The molecular weight excluding hydrogens is 322 g/mol. The van der Waals surface area contributed by atoms with Crippen LogP contribution in [0.25, 0.3) is 0 Å². The van der Waals surface area contributed by atoms with Crippen molar-refractivity contribution in [1.82, 2.24) is 4.72 Å². The predicted octanol–water partition coefficient (Wildman–Crippen LogP) is 1.76. The highest BCUT2D eigenvalue weighted by molar-refractivity contribution is 9.10. The van der Waals surface area contributed by atoms with E-state index < -0.39 is 22.0 Å². The van der Waals surface area contributed by atoms with E-state index in [1.165, 1.54) is 18.2 Å². The molecule has 1 aromatic carbocycles. The van der Waals surface area contributed by atoms with Crippen LogP contribution in [0.15, 0.2) is 46.3 Å². The fraction of sp³-hybridized carbons (Fsp3) is 0.182. The first-order valence-corrected chi connectivity index (χ1v) is 7.26. The zero-order valence-electron chi connectivity index (χ0n) is 9.34. The zero-order chi connectivity index (χ0) is 13.8. The molecule has 2 N–H and O–H groups in total. The van der Waals surface area contributed by atoms with Gasteiger partial charge in [0, 0.05) is 4.47 Å². The molecule has 1 atom stereocenters. The van der Waals surface area contributed by atoms with E-state index in [2.05, 4.69) is 27.2 Å². The van der Waals surface area contributed by atoms with Crippen molar-refractivity contribution in [2.24, 2.45) is 0 Å². The van der Waals surface area contributed by atoms with Crippen LogP contribution in [0.3, 0.4) is 0 Å². The van der Waals surface area contributed by atoms with Gasteiger partial charge in [-0.1, -0.05) is 28.1 Å². The summed E-state index contributed by atoms with van der Waals surface area (Å²) < 4.78 is 26.6. The smallest absolute Gasteiger partial charge is 0.322 e. The first-order chi connectivity index (χ1) is 8.36. The van der Waals surface area contributed by atoms with Gasteiger partial charge in [0.25, 0.3) is 0 Å². The Morgan fingerprint density at radius 1 is 1.56 bits per heavy atom. The number of sulfonamides is 1. The maximum atomic E-state index is 11.9. The molecule has 7 heteroatoms. The molecule has 0 aliphatic rings. The summed E-state index contributed by atoms with van der Waals surface area (Å²) in [5.41, 5.74) is 0. The van der Waals surface area contributed by atoms with Crippen LogP contribution in [0.2, 0.25) is 0 Å². The Labute approximate surface area is 114 Å². The summed E-state index contributed by atoms with van der Waals surface area (Å²) in [6.45, 7) is 3.39. The highest BCUT2D eigenvalue weighted by atomic mass is 79.9. The third-order valence-corrected chi connectivity index (χ3v) is 4.07. The summed E-state index contributed by atoms with van der Waals surface area (Å²) in [6.07, 6.45) is 1.37. The van der Waals surface area contributed by atoms with Crippen molar-refractivity contribution in [1.29, 1.82) is 0 Å². The van der Waals surface area contributed by atoms with Crippen LogP contribution in [0, 0.1) is 0 Å². The van der Waals surface area contributed by atoms with E-state index in [0.29, 0.717) is 4.47 Å². The van der Waals surface area contributed by atoms with Crippen LogP contribution >= 0.6 is 15.9 Å². The van der Waals surface area contributed by atoms with Gasteiger partial charge in [-0.2, -0.15) is 4.72 Å². The standard InChI is InChI=1S/C11H12BrNO4S/c1-2-4-10(11(14)15)13-18(16,17)9-6-3-5-8(12)7-9/h2-3,5-7,10,13H,1,4H2,(H,14,15). The number of nitrogens with one attached hydrogen (secondary N) is 1. The molecule has 5 nitrogen and oxygen atoms in total. The molecule has 1 rings (SSSR count). The van der Waals surface area contributed by atoms with Gasteiger partial charge < -0.3 is 5.11 Å². The molecule has 0 aromatic heterocycles. The lowest BCUT2D eigenvalue weighted by molar-refractivity contribution is -0.138. The van der Waals surface area contributed by atoms with Crippen molar-refractivity contribution in [3.05, 3.63) is 41.4 Å². The first kappa shape index (κ1) is 14.9. The monoisotopic (exact) mass is 333 g/mol. The lowest BCUT2D eigenvalue weighted by Crippen LogP contribution is -2.40. The van der Waals surface area contributed by atoms with E-state index in [1.54, 1.807) is 12.1 Å². The molecule has 98 valence electrons. The van der Waals surface area contributed by atoms with E-state index in [0.717, 1.165) is 0 Å². The summed E-state index contributed by atoms with van der Waals surface area (Å²) in [4.78, 5) is 10.9. The van der Waals surface area contributed by atoms with Gasteiger partial charge in [-0.15, -0.1) is 6.58 Å². The molecule has 0 fully saturated rings. The Balaban J connectivity index is 3.00. The molecular formula is C11H12BrNO4S. The molecule has 1 aromatic rings. The first-order valence-electron chi connectivity index (χ1n) is 4.98. The zero-order valence-corrected chi connectivity index (χ0v) is 11.7. The Morgan fingerprint density at radius 2 is 2.22 bits per heavy atom. The molecule has 0 radical (unpaired) electrons. The predicted molar refractivity (Wildman–Crippen MR) is 70.7 cm³/mol. The molecule has 0 heterocycles. The number of aliphatic carboxylic acids is 1. The number of halogens is 1. The van der Waals surface area contributed by atoms with Crippen LogP contribution in [0.4, 0.5) is 0 Å². The minimum atomic E-state index is -3.86. The Morgan fingerprint density at radius 3 is 2.72 bits per heavy atom. The van der Waals surface area contributed by atoms with E-state index in [1.807, 2.05) is 0 Å². The van der Waals surface area contributed by atoms with Gasteiger partial charge in [-0.05, 0) is 24.6 Å². The van der Waals surface area contributed by atoms with E-state index in [-0.39, 0.29) is 11.3 Å². The number of carboxylic acid groups (broad SMARTS) is 1. The molecule has 0 amide bonds. The molecule has 0 aliphatic heterocycles. The minimum Gasteiger partial charge on any atom is -0.480 e. The number of rotatable bonds is 6. The molecule has 0 saturated carbocycles. The quantitative estimate of drug-likeness (QED) is 0.777. The second-order valence-corrected chi connectivity index (χ2v) is 6.12. The third-order valence-electron chi connectivity index (χ3n) is 2.10. The number of hydrogen-bond acceptors (Lipinski definition) is 3. The lowest BCUT2D eigenvalue weighted by atomic mass is 10.2. The fourth-order valence-corrected chi connectivity index (χ4v) is 3.05. The van der Waals surface area contributed by atoms with Crippen molar-refractivity contribution in [2.75, 3.05) is 0 Å². The van der Waals surface area contributed by atoms with E-state index >= 15 is 0 Å². The van der Waals surface area contributed by atoms with Gasteiger partial charge in [0.05, 0.1) is 4.90 Å². The number of carbonyl (C=O) groups is 1. The van der Waals surface area contributed by atoms with Crippen LogP contribution in [-0.2, 0) is 14.8 Å². The van der Waals surface area contributed by atoms with E-state index in [4.69, 9.17) is 5.11 Å². The highest BCUT2D eigenvalue weighted by Gasteiger charge is 2.24. The summed E-state index contributed by atoms with van der Waals surface area (Å²) in [5, 5.41) is 8.89. The lowest BCUT2D eigenvalue weighted by Gasteiger charge is -2.13. The van der Waals surface area contributed by atoms with Gasteiger partial charge in [0.2, 0.25) is 10.0 Å². The largest absolute Gasteiger partial charge is 0.480 e. The molecule has 1 unspecified atom stereocenters. The van der Waals surface area contributed by atoms with Gasteiger partial charge in [-0.25, -0.2) is 8.42 Å². The van der Waals surface area contributed by atoms with Crippen molar-refractivity contribution >= 4 is 31.9 Å². The fourth-order valence-electron chi connectivity index (χ4n) is 1.26. The van der Waals surface area contributed by atoms with E-state index in [9.17, 15) is 13.2 Å². The SMILES string of the molecule is C=CCC(NS(=O)(=O)c1cccc(Br)c1)C(=O)O. The Hall–Kier alpha value is -1.18. The molecule has 0 spiro atoms. The number of carboxylic acids is 1. The van der Waals surface area contributed by atoms with Gasteiger partial charge in [0.1, 0.15) is 6.04 Å². The maximum Gasteiger partial charge on any atom is 0.322 e. The van der Waals surface area contributed by atoms with Crippen molar-refractivity contribution in [2.45, 2.75) is 17.4 Å². The summed E-state index contributed by atoms with van der Waals surface area (Å²) in [5.74, 6) is -1.24. The average molecular weight is 334 g/mol. The second-order valence-electron chi connectivity index (χ2n) is 3.49. The average Bonchev–Trinajstić information content (AvgIpc) is 2.28. The minimum absolute atomic E-state index is 0.00665. The van der Waals surface area contributed by atoms with Crippen molar-refractivity contribution < 1.29 is 18.3 Å². The topological polar surface area (TPSA) is 83.5 Å². The normalized spacial score (nSPS) is 12.9. The Kier molecular flexibility index (Phi) is 5.06. The van der Waals surface area contributed by atoms with Crippen LogP contribution < -0.4 is 4.72 Å². The summed E-state index contributed by atoms with van der Waals surface area (Å²) in [6, 6.07) is 4.81. The van der Waals surface area contributed by atoms with Crippen molar-refractivity contribution in [3.63, 3.8) is 0 Å². The van der Waals surface area contributed by atoms with Gasteiger partial charge in [0.15, 0.2) is 0 Å². The van der Waals surface area contributed by atoms with Gasteiger partial charge in [-0.3, -0.25) is 4.79 Å². The second kappa shape index (κ2) is 6.12.